The van der Waals surface area contributed by atoms with Crippen molar-refractivity contribution in [3.05, 3.63) is 0 Å². The Morgan fingerprint density at radius 1 is 1.25 bits per heavy atom. The van der Waals surface area contributed by atoms with E-state index in [2.05, 4.69) is 0 Å². The van der Waals surface area contributed by atoms with Gasteiger partial charge in [0.2, 0.25) is 0 Å². The van der Waals surface area contributed by atoms with Crippen molar-refractivity contribution in [2.75, 3.05) is 0 Å². The molecule has 0 saturated carbocycles. The summed E-state index contributed by atoms with van der Waals surface area (Å²) in [5, 5.41) is 0. The quantitative estimate of drug-likeness (QED) is 0.391. The van der Waals surface area contributed by atoms with Gasteiger partial charge in [0.1, 0.15) is 0 Å². The van der Waals surface area contributed by atoms with E-state index in [0.29, 0.717) is 0 Å². The van der Waals surface area contributed by atoms with Gasteiger partial charge in [0.05, 0.1) is 0 Å². The fraction of sp³-hybridized carbons (Fsp3) is 0. The summed E-state index contributed by atoms with van der Waals surface area (Å²) in [6.07, 6.45) is 0. The van der Waals surface area contributed by atoms with Gasteiger partial charge in [-0.15, -0.1) is 0 Å². The molecule has 0 bridgehead atoms. The summed E-state index contributed by atoms with van der Waals surface area (Å²) in [5.74, 6) is 0. The van der Waals surface area contributed by atoms with Crippen molar-refractivity contribution in [1.82, 2.24) is 0 Å². The Morgan fingerprint density at radius 2 is 1.25 bits per heavy atom. The van der Waals surface area contributed by atoms with Gasteiger partial charge in [-0.05, 0) is 0 Å². The van der Waals surface area contributed by atoms with Crippen molar-refractivity contribution in [3.8, 4) is 0 Å². The minimum atomic E-state index is 0. The van der Waals surface area contributed by atoms with Gasteiger partial charge in [-0.25, -0.2) is 0 Å². The van der Waals surface area contributed by atoms with Crippen LogP contribution in [0, 0.1) is 0 Å². The molecule has 0 heterocycles. The zero-order chi connectivity index (χ0) is 0. The molecule has 1 unspecified atom stereocenters. The molecular formula is H8AsCaFMg. The van der Waals surface area contributed by atoms with Crippen molar-refractivity contribution in [2.45, 2.75) is 0 Å². The molecule has 0 radical (unpaired) electrons. The Balaban J connectivity index is 0. The van der Waals surface area contributed by atoms with Gasteiger partial charge in [-0.2, -0.15) is 0 Å². The average Bonchev–Trinajstić information content (AvgIpc) is 0. The molecule has 0 saturated heterocycles. The van der Waals surface area contributed by atoms with Crippen LogP contribution in [0.4, 0.5) is 4.70 Å². The summed E-state index contributed by atoms with van der Waals surface area (Å²) in [7, 11) is 0. The molecule has 24 valence electrons. The van der Waals surface area contributed by atoms with Gasteiger partial charge in [-0.3, -0.25) is 4.70 Å². The van der Waals surface area contributed by atoms with Gasteiger partial charge in [0.15, 0.2) is 0 Å². The number of rotatable bonds is 0. The second-order valence-corrected chi connectivity index (χ2v) is 0. The van der Waals surface area contributed by atoms with Crippen molar-refractivity contribution >= 4 is 78.7 Å². The van der Waals surface area contributed by atoms with Gasteiger partial charge < -0.3 is 5.71 Å². The van der Waals surface area contributed by atoms with Crippen LogP contribution >= 0.6 is 0 Å². The smallest absolute Gasteiger partial charge is 1.00 e. The predicted octanol–water partition coefficient (Wildman–Crippen LogP) is -1.34. The SMILES string of the molecule is F.[AsH3].[Ca+2].[H-].[H-].[H-].[H-].[Mg+2]. The molecule has 0 aromatic carbocycles. The van der Waals surface area contributed by atoms with Crippen LogP contribution in [0.25, 0.3) is 0 Å². The first-order valence-corrected chi connectivity index (χ1v) is 0. The maximum atomic E-state index is 0. The van der Waals surface area contributed by atoms with Gasteiger partial charge in [-0.1, -0.05) is 0 Å². The average molecular weight is 166 g/mol. The van der Waals surface area contributed by atoms with E-state index in [1.165, 1.54) is 0 Å². The standard InChI is InChI=1S/AsH3.Ca.FH.Mg.4H/h1H3;;1H;;;;;/q;+2;;+2;4*-1. The topological polar surface area (TPSA) is 0 Å². The van der Waals surface area contributed by atoms with Crippen LogP contribution < -0.4 is 0 Å². The van der Waals surface area contributed by atoms with Gasteiger partial charge >= 0.3 is 78.7 Å². The molecule has 0 aliphatic carbocycles. The van der Waals surface area contributed by atoms with Crippen molar-refractivity contribution < 1.29 is 10.4 Å². The molecule has 0 fully saturated rings. The molecule has 0 amide bonds. The molecule has 0 aliphatic rings. The third-order valence-corrected chi connectivity index (χ3v) is 0. The zero-order valence-electron chi connectivity index (χ0n) is 6.53. The minimum absolute atomic E-state index is 0. The molecular weight excluding hydrogens is 158 g/mol. The molecule has 4 heteroatoms. The van der Waals surface area contributed by atoms with Crippen molar-refractivity contribution in [1.29, 1.82) is 0 Å². The van der Waals surface area contributed by atoms with Crippen LogP contribution in [0.2, 0.25) is 0 Å². The molecule has 0 aliphatic heterocycles. The van der Waals surface area contributed by atoms with Gasteiger partial charge in [0.25, 0.3) is 0 Å². The fourth-order valence-corrected chi connectivity index (χ4v) is 0. The molecule has 0 rings (SSSR count). The van der Waals surface area contributed by atoms with E-state index < -0.39 is 0 Å². The number of hydrogen-bond donors (Lipinski definition) is 0. The van der Waals surface area contributed by atoms with Gasteiger partial charge in [0, 0.05) is 0 Å². The summed E-state index contributed by atoms with van der Waals surface area (Å²) < 4.78 is 0. The molecule has 1 atom stereocenters. The Hall–Kier alpha value is 2.51. The first-order valence-electron chi connectivity index (χ1n) is 0. The molecule has 0 aromatic heterocycles. The van der Waals surface area contributed by atoms with Crippen molar-refractivity contribution in [2.24, 2.45) is 0 Å². The normalized spacial score (nSPS) is 0. The Kier molecular flexibility index (Phi) is 139. The fourth-order valence-electron chi connectivity index (χ4n) is 0. The van der Waals surface area contributed by atoms with E-state index in [-0.39, 0.29) is 89.2 Å². The monoisotopic (exact) mass is 166 g/mol. The maximum absolute atomic E-state index is 0. The number of hydrogen-bond acceptors (Lipinski definition) is 0. The van der Waals surface area contributed by atoms with Crippen LogP contribution in [-0.4, -0.2) is 78.7 Å². The number of halogens is 1. The second-order valence-electron chi connectivity index (χ2n) is 0. The van der Waals surface area contributed by atoms with E-state index in [4.69, 9.17) is 0 Å². The van der Waals surface area contributed by atoms with E-state index >= 15 is 0 Å². The van der Waals surface area contributed by atoms with E-state index in [1.807, 2.05) is 0 Å². The Morgan fingerprint density at radius 3 is 1.25 bits per heavy atom. The van der Waals surface area contributed by atoms with Crippen LogP contribution in [0.5, 0.6) is 0 Å². The first kappa shape index (κ1) is 31.3. The van der Waals surface area contributed by atoms with Crippen LogP contribution in [0.1, 0.15) is 5.71 Å². The first-order chi connectivity index (χ1) is 0. The van der Waals surface area contributed by atoms with Crippen LogP contribution in [0.15, 0.2) is 0 Å². The predicted molar refractivity (Wildman–Crippen MR) is 28.4 cm³/mol. The minimum Gasteiger partial charge on any atom is -1.00 e. The molecule has 4 heavy (non-hydrogen) atoms. The van der Waals surface area contributed by atoms with E-state index in [9.17, 15) is 0 Å². The third kappa shape index (κ3) is 8.82. The zero-order valence-corrected chi connectivity index (χ0v) is 9.12. The Bertz CT molecular complexity index is 16.0. The summed E-state index contributed by atoms with van der Waals surface area (Å²) >= 11 is 0. The Labute approximate surface area is 87.9 Å². The summed E-state index contributed by atoms with van der Waals surface area (Å²) in [4.78, 5) is 0. The second kappa shape index (κ2) is 17.8. The molecule has 0 N–H and O–H groups in total. The summed E-state index contributed by atoms with van der Waals surface area (Å²) in [5.41, 5.74) is 0. The van der Waals surface area contributed by atoms with Crippen molar-refractivity contribution in [3.63, 3.8) is 0 Å². The summed E-state index contributed by atoms with van der Waals surface area (Å²) in [6, 6.07) is 0. The van der Waals surface area contributed by atoms with E-state index in [1.54, 1.807) is 0 Å². The summed E-state index contributed by atoms with van der Waals surface area (Å²) in [6.45, 7) is 0. The molecule has 0 aromatic rings. The molecule has 0 spiro atoms. The maximum Gasteiger partial charge on any atom is 2.00 e. The van der Waals surface area contributed by atoms with Crippen LogP contribution in [0.3, 0.4) is 0 Å². The van der Waals surface area contributed by atoms with Crippen LogP contribution in [-0.2, 0) is 0 Å². The third-order valence-electron chi connectivity index (χ3n) is 0. The molecule has 0 nitrogen and oxygen atoms in total. The van der Waals surface area contributed by atoms with E-state index in [0.717, 1.165) is 0 Å². The largest absolute Gasteiger partial charge is 2.00 e.